The van der Waals surface area contributed by atoms with E-state index in [9.17, 15) is 18.0 Å². The van der Waals surface area contributed by atoms with Gasteiger partial charge in [-0.15, -0.1) is 0 Å². The van der Waals surface area contributed by atoms with E-state index in [2.05, 4.69) is 10.4 Å². The second-order valence-corrected chi connectivity index (χ2v) is 5.63. The Hall–Kier alpha value is -2.74. The summed E-state index contributed by atoms with van der Waals surface area (Å²) in [5, 5.41) is 15.1. The van der Waals surface area contributed by atoms with Crippen LogP contribution < -0.4 is 5.32 Å². The molecule has 0 bridgehead atoms. The second-order valence-electron chi connectivity index (χ2n) is 5.25. The topological polar surface area (TPSA) is 67.2 Å². The van der Waals surface area contributed by atoms with Gasteiger partial charge in [0.05, 0.1) is 22.4 Å². The van der Waals surface area contributed by atoms with Gasteiger partial charge in [-0.2, -0.15) is 5.10 Å². The lowest BCUT2D eigenvalue weighted by Gasteiger charge is -2.16. The maximum absolute atomic E-state index is 15.0. The number of nitrogens with zero attached hydrogens (tertiary/aromatic N) is 2. The molecule has 25 heavy (non-hydrogen) atoms. The Morgan fingerprint density at radius 3 is 2.52 bits per heavy atom. The van der Waals surface area contributed by atoms with Crippen LogP contribution in [0, 0.1) is 17.5 Å². The number of carboxylic acids is 1. The molecule has 2 aromatic carbocycles. The van der Waals surface area contributed by atoms with Gasteiger partial charge < -0.3 is 10.4 Å². The summed E-state index contributed by atoms with van der Waals surface area (Å²) in [5.41, 5.74) is -2.24. The molecule has 0 unspecified atom stereocenters. The molecule has 0 aliphatic heterocycles. The lowest BCUT2D eigenvalue weighted by atomic mass is 9.98. The molecule has 0 saturated carbocycles. The van der Waals surface area contributed by atoms with Gasteiger partial charge >= 0.3 is 5.97 Å². The predicted octanol–water partition coefficient (Wildman–Crippen LogP) is 4.05. The SMILES string of the molecule is CNc1c(F)c(-c2c(F)ccc3cnn(C)c23)c(Cl)c(F)c1C(=O)O. The molecule has 0 atom stereocenters. The molecule has 2 N–H and O–H groups in total. The first kappa shape index (κ1) is 17.1. The molecule has 5 nitrogen and oxygen atoms in total. The summed E-state index contributed by atoms with van der Waals surface area (Å²) in [4.78, 5) is 11.3. The number of aromatic carboxylic acids is 1. The first-order valence-electron chi connectivity index (χ1n) is 7.01. The molecule has 9 heteroatoms. The van der Waals surface area contributed by atoms with E-state index in [4.69, 9.17) is 16.7 Å². The third-order valence-corrected chi connectivity index (χ3v) is 4.24. The van der Waals surface area contributed by atoms with Gasteiger partial charge in [-0.1, -0.05) is 11.6 Å². The van der Waals surface area contributed by atoms with Crippen LogP contribution >= 0.6 is 11.6 Å². The molecule has 0 aliphatic carbocycles. The molecule has 3 rings (SSSR count). The van der Waals surface area contributed by atoms with Crippen molar-refractivity contribution in [2.45, 2.75) is 0 Å². The van der Waals surface area contributed by atoms with Gasteiger partial charge in [-0.3, -0.25) is 4.68 Å². The Kier molecular flexibility index (Phi) is 4.08. The quantitative estimate of drug-likeness (QED) is 0.683. The maximum Gasteiger partial charge on any atom is 0.340 e. The van der Waals surface area contributed by atoms with Crippen LogP contribution in [-0.2, 0) is 7.05 Å². The number of fused-ring (bicyclic) bond motifs is 1. The fourth-order valence-electron chi connectivity index (χ4n) is 2.80. The number of benzene rings is 2. The normalized spacial score (nSPS) is 11.1. The summed E-state index contributed by atoms with van der Waals surface area (Å²) in [6, 6.07) is 2.52. The Labute approximate surface area is 144 Å². The number of carboxylic acid groups (broad SMARTS) is 1. The standard InChI is InChI=1S/C16H11ClF3N3O2/c1-21-14-10(16(24)25)12(19)11(17)9(13(14)20)8-7(18)4-3-6-5-22-23(2)15(6)8/h3-5,21H,1-2H3,(H,24,25). The van der Waals surface area contributed by atoms with E-state index < -0.39 is 45.3 Å². The summed E-state index contributed by atoms with van der Waals surface area (Å²) >= 11 is 5.90. The molecule has 1 aromatic heterocycles. The number of halogens is 4. The minimum Gasteiger partial charge on any atom is -0.478 e. The van der Waals surface area contributed by atoms with Crippen molar-refractivity contribution in [3.8, 4) is 11.1 Å². The molecule has 1 heterocycles. The lowest BCUT2D eigenvalue weighted by Crippen LogP contribution is -2.11. The van der Waals surface area contributed by atoms with Crippen molar-refractivity contribution in [1.29, 1.82) is 0 Å². The Balaban J connectivity index is 2.52. The van der Waals surface area contributed by atoms with Gasteiger partial charge in [-0.25, -0.2) is 18.0 Å². The van der Waals surface area contributed by atoms with Crippen LogP contribution in [0.3, 0.4) is 0 Å². The van der Waals surface area contributed by atoms with Crippen LogP contribution in [0.5, 0.6) is 0 Å². The number of carbonyl (C=O) groups is 1. The predicted molar refractivity (Wildman–Crippen MR) is 87.5 cm³/mol. The van der Waals surface area contributed by atoms with Crippen molar-refractivity contribution >= 4 is 34.2 Å². The summed E-state index contributed by atoms with van der Waals surface area (Å²) in [5.74, 6) is -5.07. The molecule has 0 spiro atoms. The van der Waals surface area contributed by atoms with E-state index in [0.29, 0.717) is 5.39 Å². The number of hydrogen-bond donors (Lipinski definition) is 2. The first-order chi connectivity index (χ1) is 11.8. The van der Waals surface area contributed by atoms with Crippen LogP contribution in [0.25, 0.3) is 22.0 Å². The van der Waals surface area contributed by atoms with Gasteiger partial charge in [0.25, 0.3) is 0 Å². The number of hydrogen-bond acceptors (Lipinski definition) is 3. The van der Waals surface area contributed by atoms with Crippen molar-refractivity contribution < 1.29 is 23.1 Å². The highest BCUT2D eigenvalue weighted by Crippen LogP contribution is 2.43. The third kappa shape index (κ3) is 2.41. The minimum atomic E-state index is -1.70. The maximum atomic E-state index is 15.0. The van der Waals surface area contributed by atoms with Crippen LogP contribution in [-0.4, -0.2) is 27.9 Å². The zero-order valence-electron chi connectivity index (χ0n) is 13.0. The van der Waals surface area contributed by atoms with Crippen molar-refractivity contribution in [1.82, 2.24) is 9.78 Å². The molecule has 0 fully saturated rings. The van der Waals surface area contributed by atoms with Crippen molar-refractivity contribution in [3.63, 3.8) is 0 Å². The number of aryl methyl sites for hydroxylation is 1. The van der Waals surface area contributed by atoms with E-state index >= 15 is 0 Å². The van der Waals surface area contributed by atoms with Gasteiger partial charge in [-0.05, 0) is 12.1 Å². The van der Waals surface area contributed by atoms with E-state index in [1.807, 2.05) is 0 Å². The average Bonchev–Trinajstić information content (AvgIpc) is 2.93. The van der Waals surface area contributed by atoms with Gasteiger partial charge in [0.2, 0.25) is 0 Å². The number of anilines is 1. The summed E-state index contributed by atoms with van der Waals surface area (Å²) in [6.07, 6.45) is 1.44. The van der Waals surface area contributed by atoms with Crippen LogP contribution in [0.1, 0.15) is 10.4 Å². The average molecular weight is 370 g/mol. The molecule has 130 valence electrons. The molecule has 0 amide bonds. The fourth-order valence-corrected chi connectivity index (χ4v) is 3.07. The number of aromatic nitrogens is 2. The Bertz CT molecular complexity index is 1030. The molecular weight excluding hydrogens is 359 g/mol. The highest BCUT2D eigenvalue weighted by molar-refractivity contribution is 6.34. The van der Waals surface area contributed by atoms with Crippen LogP contribution in [0.2, 0.25) is 5.02 Å². The highest BCUT2D eigenvalue weighted by Gasteiger charge is 2.30. The van der Waals surface area contributed by atoms with Gasteiger partial charge in [0, 0.05) is 30.6 Å². The monoisotopic (exact) mass is 369 g/mol. The largest absolute Gasteiger partial charge is 0.478 e. The second kappa shape index (κ2) is 5.96. The van der Waals surface area contributed by atoms with Crippen molar-refractivity contribution in [3.05, 3.63) is 46.4 Å². The molecule has 0 radical (unpaired) electrons. The van der Waals surface area contributed by atoms with Gasteiger partial charge in [0.1, 0.15) is 11.4 Å². The lowest BCUT2D eigenvalue weighted by molar-refractivity contribution is 0.0692. The minimum absolute atomic E-state index is 0.199. The van der Waals surface area contributed by atoms with Crippen molar-refractivity contribution in [2.75, 3.05) is 12.4 Å². The van der Waals surface area contributed by atoms with Gasteiger partial charge in [0.15, 0.2) is 11.6 Å². The summed E-state index contributed by atoms with van der Waals surface area (Å²) in [6.45, 7) is 0. The molecule has 3 aromatic rings. The van der Waals surface area contributed by atoms with E-state index in [-0.39, 0.29) is 11.1 Å². The summed E-state index contributed by atoms with van der Waals surface area (Å²) < 4.78 is 45.3. The van der Waals surface area contributed by atoms with E-state index in [0.717, 1.165) is 6.07 Å². The molecule has 0 saturated heterocycles. The fraction of sp³-hybridized carbons (Fsp3) is 0.125. The zero-order valence-corrected chi connectivity index (χ0v) is 13.7. The van der Waals surface area contributed by atoms with Crippen LogP contribution in [0.4, 0.5) is 18.9 Å². The Morgan fingerprint density at radius 1 is 1.24 bits per heavy atom. The van der Waals surface area contributed by atoms with Crippen molar-refractivity contribution in [2.24, 2.45) is 7.05 Å². The third-order valence-electron chi connectivity index (χ3n) is 3.89. The zero-order chi connectivity index (χ0) is 18.5. The smallest absolute Gasteiger partial charge is 0.340 e. The summed E-state index contributed by atoms with van der Waals surface area (Å²) in [7, 11) is 2.74. The van der Waals surface area contributed by atoms with Crippen LogP contribution in [0.15, 0.2) is 18.3 Å². The molecular formula is C16H11ClF3N3O2. The highest BCUT2D eigenvalue weighted by atomic mass is 35.5. The number of nitrogens with one attached hydrogen (secondary N) is 1. The first-order valence-corrected chi connectivity index (χ1v) is 7.39. The Morgan fingerprint density at radius 2 is 1.92 bits per heavy atom. The molecule has 0 aliphatic rings. The van der Waals surface area contributed by atoms with E-state index in [1.54, 1.807) is 0 Å². The van der Waals surface area contributed by atoms with E-state index in [1.165, 1.54) is 31.0 Å². The number of rotatable bonds is 3.